The van der Waals surface area contributed by atoms with Crippen LogP contribution in [0.3, 0.4) is 0 Å². The van der Waals surface area contributed by atoms with Crippen molar-refractivity contribution in [2.24, 2.45) is 11.3 Å². The van der Waals surface area contributed by atoms with E-state index < -0.39 is 0 Å². The van der Waals surface area contributed by atoms with Crippen molar-refractivity contribution in [3.63, 3.8) is 0 Å². The average Bonchev–Trinajstić information content (AvgIpc) is 2.79. The first-order chi connectivity index (χ1) is 9.11. The van der Waals surface area contributed by atoms with Crippen molar-refractivity contribution in [1.82, 2.24) is 5.32 Å². The van der Waals surface area contributed by atoms with Crippen LogP contribution in [0.4, 0.5) is 5.69 Å². The molecular formula is C17H28N2. The van der Waals surface area contributed by atoms with E-state index in [1.165, 1.54) is 37.7 Å². The van der Waals surface area contributed by atoms with E-state index in [0.29, 0.717) is 5.41 Å². The van der Waals surface area contributed by atoms with Crippen LogP contribution in [0.25, 0.3) is 0 Å². The van der Waals surface area contributed by atoms with Gasteiger partial charge in [-0.3, -0.25) is 0 Å². The molecule has 1 aliphatic carbocycles. The van der Waals surface area contributed by atoms with Crippen LogP contribution < -0.4 is 11.1 Å². The zero-order chi connectivity index (χ0) is 13.7. The fraction of sp³-hybridized carbons (Fsp3) is 0.647. The third kappa shape index (κ3) is 3.97. The van der Waals surface area contributed by atoms with E-state index in [0.717, 1.165) is 24.7 Å². The Balaban J connectivity index is 1.88. The number of nitrogen functional groups attached to an aromatic ring is 1. The van der Waals surface area contributed by atoms with Gasteiger partial charge in [0.05, 0.1) is 0 Å². The number of anilines is 1. The van der Waals surface area contributed by atoms with E-state index in [1.807, 2.05) is 12.1 Å². The van der Waals surface area contributed by atoms with E-state index in [-0.39, 0.29) is 0 Å². The molecule has 2 nitrogen and oxygen atoms in total. The minimum Gasteiger partial charge on any atom is -0.398 e. The molecule has 0 spiro atoms. The van der Waals surface area contributed by atoms with Gasteiger partial charge >= 0.3 is 0 Å². The van der Waals surface area contributed by atoms with Crippen molar-refractivity contribution in [3.8, 4) is 0 Å². The molecule has 0 bridgehead atoms. The maximum absolute atomic E-state index is 5.99. The van der Waals surface area contributed by atoms with Crippen LogP contribution in [0.1, 0.15) is 51.5 Å². The molecule has 1 fully saturated rings. The minimum absolute atomic E-state index is 0.539. The van der Waals surface area contributed by atoms with Gasteiger partial charge in [0.25, 0.3) is 0 Å². The fourth-order valence-corrected chi connectivity index (χ4v) is 3.60. The van der Waals surface area contributed by atoms with Crippen molar-refractivity contribution >= 4 is 5.69 Å². The van der Waals surface area contributed by atoms with Gasteiger partial charge in [0.2, 0.25) is 0 Å². The number of para-hydroxylation sites is 1. The lowest BCUT2D eigenvalue weighted by molar-refractivity contribution is 0.223. The van der Waals surface area contributed by atoms with Crippen molar-refractivity contribution in [2.45, 2.75) is 52.5 Å². The lowest BCUT2D eigenvalue weighted by atomic mass is 9.78. The number of hydrogen-bond donors (Lipinski definition) is 2. The molecule has 0 amide bonds. The maximum Gasteiger partial charge on any atom is 0.0359 e. The third-order valence-electron chi connectivity index (χ3n) is 4.38. The Hall–Kier alpha value is -1.02. The highest BCUT2D eigenvalue weighted by atomic mass is 14.9. The number of rotatable bonds is 6. The summed E-state index contributed by atoms with van der Waals surface area (Å²) in [6.45, 7) is 6.72. The van der Waals surface area contributed by atoms with Crippen molar-refractivity contribution < 1.29 is 0 Å². The first-order valence-electron chi connectivity index (χ1n) is 7.65. The Morgan fingerprint density at radius 1 is 1.21 bits per heavy atom. The summed E-state index contributed by atoms with van der Waals surface area (Å²) < 4.78 is 0. The summed E-state index contributed by atoms with van der Waals surface area (Å²) in [5.74, 6) is 0.793. The number of nitrogens with one attached hydrogen (secondary N) is 1. The fourth-order valence-electron chi connectivity index (χ4n) is 3.60. The predicted molar refractivity (Wildman–Crippen MR) is 82.9 cm³/mol. The van der Waals surface area contributed by atoms with E-state index in [9.17, 15) is 0 Å². The number of hydrogen-bond acceptors (Lipinski definition) is 2. The van der Waals surface area contributed by atoms with Gasteiger partial charge in [0.1, 0.15) is 0 Å². The maximum atomic E-state index is 5.99. The molecule has 0 aromatic heterocycles. The van der Waals surface area contributed by atoms with Crippen LogP contribution in [0, 0.1) is 11.3 Å². The summed E-state index contributed by atoms with van der Waals surface area (Å²) in [5, 5.41) is 3.65. The zero-order valence-corrected chi connectivity index (χ0v) is 12.4. The second-order valence-electron chi connectivity index (χ2n) is 6.61. The smallest absolute Gasteiger partial charge is 0.0359 e. The normalized spacial score (nSPS) is 18.1. The molecule has 1 aliphatic rings. The Morgan fingerprint density at radius 2 is 1.89 bits per heavy atom. The largest absolute Gasteiger partial charge is 0.398 e. The molecule has 1 aromatic rings. The van der Waals surface area contributed by atoms with Crippen LogP contribution >= 0.6 is 0 Å². The monoisotopic (exact) mass is 260 g/mol. The van der Waals surface area contributed by atoms with Gasteiger partial charge in [-0.1, -0.05) is 44.9 Å². The van der Waals surface area contributed by atoms with Crippen molar-refractivity contribution in [2.75, 3.05) is 12.3 Å². The van der Waals surface area contributed by atoms with Crippen LogP contribution in [-0.2, 0) is 6.54 Å². The first-order valence-corrected chi connectivity index (χ1v) is 7.65. The quantitative estimate of drug-likeness (QED) is 0.760. The summed E-state index contributed by atoms with van der Waals surface area (Å²) in [7, 11) is 0. The Labute approximate surface area is 117 Å². The van der Waals surface area contributed by atoms with E-state index in [1.54, 1.807) is 0 Å². The topological polar surface area (TPSA) is 38.0 Å². The van der Waals surface area contributed by atoms with Crippen LogP contribution in [-0.4, -0.2) is 6.54 Å². The summed E-state index contributed by atoms with van der Waals surface area (Å²) in [5.41, 5.74) is 8.65. The molecular weight excluding hydrogens is 232 g/mol. The molecule has 0 heterocycles. The van der Waals surface area contributed by atoms with E-state index >= 15 is 0 Å². The average molecular weight is 260 g/mol. The molecule has 1 aromatic carbocycles. The van der Waals surface area contributed by atoms with Gasteiger partial charge in [-0.2, -0.15) is 0 Å². The predicted octanol–water partition coefficient (Wildman–Crippen LogP) is 3.96. The standard InChI is InChI=1S/C17H28N2/c1-14(2)11-17(9-5-6-10-17)13-19-12-15-7-3-4-8-16(15)18/h3-4,7-8,14,19H,5-6,9-13,18H2,1-2H3. The molecule has 0 atom stereocenters. The molecule has 0 saturated heterocycles. The highest BCUT2D eigenvalue weighted by Crippen LogP contribution is 2.42. The minimum atomic E-state index is 0.539. The Morgan fingerprint density at radius 3 is 2.53 bits per heavy atom. The summed E-state index contributed by atoms with van der Waals surface area (Å²) >= 11 is 0. The van der Waals surface area contributed by atoms with Crippen LogP contribution in [0.2, 0.25) is 0 Å². The van der Waals surface area contributed by atoms with Gasteiger partial charge in [-0.05, 0) is 42.2 Å². The lowest BCUT2D eigenvalue weighted by Gasteiger charge is -2.31. The summed E-state index contributed by atoms with van der Waals surface area (Å²) in [6.07, 6.45) is 6.94. The molecule has 2 rings (SSSR count). The second kappa shape index (κ2) is 6.42. The summed E-state index contributed by atoms with van der Waals surface area (Å²) in [6, 6.07) is 8.16. The number of benzene rings is 1. The summed E-state index contributed by atoms with van der Waals surface area (Å²) in [4.78, 5) is 0. The number of nitrogens with two attached hydrogens (primary N) is 1. The van der Waals surface area contributed by atoms with E-state index in [4.69, 9.17) is 5.73 Å². The van der Waals surface area contributed by atoms with Crippen LogP contribution in [0.15, 0.2) is 24.3 Å². The van der Waals surface area contributed by atoms with Gasteiger partial charge in [0.15, 0.2) is 0 Å². The molecule has 0 unspecified atom stereocenters. The van der Waals surface area contributed by atoms with Gasteiger partial charge in [-0.15, -0.1) is 0 Å². The highest BCUT2D eigenvalue weighted by Gasteiger charge is 2.33. The van der Waals surface area contributed by atoms with Crippen LogP contribution in [0.5, 0.6) is 0 Å². The highest BCUT2D eigenvalue weighted by molar-refractivity contribution is 5.46. The zero-order valence-electron chi connectivity index (χ0n) is 12.4. The Bertz CT molecular complexity index is 392. The third-order valence-corrected chi connectivity index (χ3v) is 4.38. The van der Waals surface area contributed by atoms with Crippen molar-refractivity contribution in [3.05, 3.63) is 29.8 Å². The Kier molecular flexibility index (Phi) is 4.87. The molecule has 106 valence electrons. The molecule has 0 aliphatic heterocycles. The van der Waals surface area contributed by atoms with Gasteiger partial charge < -0.3 is 11.1 Å². The van der Waals surface area contributed by atoms with Gasteiger partial charge in [0, 0.05) is 18.8 Å². The molecule has 1 saturated carbocycles. The first kappa shape index (κ1) is 14.4. The molecule has 0 radical (unpaired) electrons. The molecule has 3 N–H and O–H groups in total. The van der Waals surface area contributed by atoms with E-state index in [2.05, 4.69) is 31.3 Å². The lowest BCUT2D eigenvalue weighted by Crippen LogP contribution is -2.33. The SMILES string of the molecule is CC(C)CC1(CNCc2ccccc2N)CCCC1. The molecule has 19 heavy (non-hydrogen) atoms. The van der Waals surface area contributed by atoms with Gasteiger partial charge in [-0.25, -0.2) is 0 Å². The van der Waals surface area contributed by atoms with Crippen molar-refractivity contribution in [1.29, 1.82) is 0 Å². The molecule has 2 heteroatoms. The second-order valence-corrected chi connectivity index (χ2v) is 6.61.